The number of rotatable bonds is 3. The van der Waals surface area contributed by atoms with E-state index < -0.39 is 0 Å². The fourth-order valence-corrected chi connectivity index (χ4v) is 2.83. The number of aromatic amines is 1. The third kappa shape index (κ3) is 2.51. The zero-order valence-corrected chi connectivity index (χ0v) is 12.2. The molecule has 22 heavy (non-hydrogen) atoms. The van der Waals surface area contributed by atoms with Crippen LogP contribution in [0.1, 0.15) is 24.7 Å². The molecule has 2 N–H and O–H groups in total. The molecule has 0 aliphatic carbocycles. The van der Waals surface area contributed by atoms with Gasteiger partial charge < -0.3 is 10.3 Å². The Hall–Kier alpha value is -2.53. The van der Waals surface area contributed by atoms with Crippen molar-refractivity contribution in [1.29, 1.82) is 0 Å². The molecule has 4 rings (SSSR count). The van der Waals surface area contributed by atoms with Crippen LogP contribution in [0, 0.1) is 0 Å². The molecule has 1 fully saturated rings. The number of nitrogens with one attached hydrogen (secondary N) is 2. The summed E-state index contributed by atoms with van der Waals surface area (Å²) < 4.78 is 0. The first-order chi connectivity index (χ1) is 10.9. The molecule has 1 aliphatic heterocycles. The summed E-state index contributed by atoms with van der Waals surface area (Å²) in [4.78, 5) is 16.5. The largest absolute Gasteiger partial charge is 0.341 e. The predicted molar refractivity (Wildman–Crippen MR) is 85.0 cm³/mol. The molecule has 0 bridgehead atoms. The molecule has 5 nitrogen and oxygen atoms in total. The third-order valence-electron chi connectivity index (χ3n) is 4.01. The number of benzene rings is 1. The van der Waals surface area contributed by atoms with E-state index in [-0.39, 0.29) is 0 Å². The van der Waals surface area contributed by atoms with Gasteiger partial charge in [-0.1, -0.05) is 24.3 Å². The molecule has 110 valence electrons. The Kier molecular flexibility index (Phi) is 3.40. The Labute approximate surface area is 128 Å². The Morgan fingerprint density at radius 1 is 0.955 bits per heavy atom. The van der Waals surface area contributed by atoms with Crippen LogP contribution in [0.3, 0.4) is 0 Å². The summed E-state index contributed by atoms with van der Waals surface area (Å²) in [5, 5.41) is 3.46. The van der Waals surface area contributed by atoms with Gasteiger partial charge >= 0.3 is 0 Å². The summed E-state index contributed by atoms with van der Waals surface area (Å²) in [6.07, 6.45) is 7.78. The van der Waals surface area contributed by atoms with Crippen LogP contribution in [0.25, 0.3) is 22.6 Å². The normalized spacial score (nSPS) is 17.7. The Morgan fingerprint density at radius 2 is 1.73 bits per heavy atom. The standard InChI is InChI=1S/C17H17N5/c1-3-14(18-8-1)17-21-11-15(22-17)12-4-6-13(7-5-12)16-19-9-2-10-20-16/h2,4-7,9-11,14,18H,1,3,8H2,(H,21,22)/t14-/m0/s1. The number of hydrogen-bond donors (Lipinski definition) is 2. The molecule has 0 saturated carbocycles. The summed E-state index contributed by atoms with van der Waals surface area (Å²) in [6, 6.07) is 10.4. The van der Waals surface area contributed by atoms with Gasteiger partial charge in [0.1, 0.15) is 5.82 Å². The highest BCUT2D eigenvalue weighted by Gasteiger charge is 2.19. The lowest BCUT2D eigenvalue weighted by Crippen LogP contribution is -2.14. The van der Waals surface area contributed by atoms with E-state index >= 15 is 0 Å². The van der Waals surface area contributed by atoms with Crippen molar-refractivity contribution >= 4 is 0 Å². The van der Waals surface area contributed by atoms with E-state index in [9.17, 15) is 0 Å². The smallest absolute Gasteiger partial charge is 0.159 e. The van der Waals surface area contributed by atoms with Gasteiger partial charge in [-0.2, -0.15) is 0 Å². The average molecular weight is 291 g/mol. The minimum absolute atomic E-state index is 0.366. The summed E-state index contributed by atoms with van der Waals surface area (Å²) in [5.74, 6) is 1.78. The number of hydrogen-bond acceptors (Lipinski definition) is 4. The number of imidazole rings is 1. The summed E-state index contributed by atoms with van der Waals surface area (Å²) in [5.41, 5.74) is 3.18. The quantitative estimate of drug-likeness (QED) is 0.778. The first-order valence-corrected chi connectivity index (χ1v) is 7.56. The van der Waals surface area contributed by atoms with Crippen LogP contribution in [0.4, 0.5) is 0 Å². The van der Waals surface area contributed by atoms with Gasteiger partial charge in [-0.05, 0) is 31.0 Å². The van der Waals surface area contributed by atoms with Crippen molar-refractivity contribution in [3.8, 4) is 22.6 Å². The van der Waals surface area contributed by atoms with E-state index in [4.69, 9.17) is 0 Å². The Bertz CT molecular complexity index is 742. The lowest BCUT2D eigenvalue weighted by Gasteiger charge is -2.05. The van der Waals surface area contributed by atoms with Crippen LogP contribution in [0.15, 0.2) is 48.9 Å². The molecule has 1 aromatic carbocycles. The van der Waals surface area contributed by atoms with Crippen molar-refractivity contribution in [1.82, 2.24) is 25.3 Å². The second kappa shape index (κ2) is 5.69. The molecule has 2 aromatic heterocycles. The first kappa shape index (κ1) is 13.2. The lowest BCUT2D eigenvalue weighted by atomic mass is 10.1. The maximum Gasteiger partial charge on any atom is 0.159 e. The van der Waals surface area contributed by atoms with Crippen molar-refractivity contribution in [2.75, 3.05) is 6.54 Å². The second-order valence-corrected chi connectivity index (χ2v) is 5.48. The lowest BCUT2D eigenvalue weighted by molar-refractivity contribution is 0.613. The minimum atomic E-state index is 0.366. The molecule has 1 saturated heterocycles. The highest BCUT2D eigenvalue weighted by Crippen LogP contribution is 2.25. The van der Waals surface area contributed by atoms with Gasteiger partial charge in [0.15, 0.2) is 5.82 Å². The maximum atomic E-state index is 4.51. The van der Waals surface area contributed by atoms with Gasteiger partial charge in [0.25, 0.3) is 0 Å². The monoisotopic (exact) mass is 291 g/mol. The maximum absolute atomic E-state index is 4.51. The number of aromatic nitrogens is 4. The summed E-state index contributed by atoms with van der Waals surface area (Å²) in [6.45, 7) is 1.08. The molecule has 1 atom stereocenters. The zero-order valence-electron chi connectivity index (χ0n) is 12.2. The topological polar surface area (TPSA) is 66.5 Å². The highest BCUT2D eigenvalue weighted by atomic mass is 15.0. The fraction of sp³-hybridized carbons (Fsp3) is 0.235. The molecule has 1 aliphatic rings. The van der Waals surface area contributed by atoms with E-state index in [2.05, 4.69) is 37.4 Å². The third-order valence-corrected chi connectivity index (χ3v) is 4.01. The molecule has 5 heteroatoms. The van der Waals surface area contributed by atoms with E-state index in [1.54, 1.807) is 12.4 Å². The van der Waals surface area contributed by atoms with Gasteiger partial charge in [0, 0.05) is 18.0 Å². The van der Waals surface area contributed by atoms with Crippen LogP contribution < -0.4 is 5.32 Å². The molecule has 0 spiro atoms. The molecular formula is C17H17N5. The molecule has 0 amide bonds. The van der Waals surface area contributed by atoms with Gasteiger partial charge in [0.05, 0.1) is 17.9 Å². The predicted octanol–water partition coefficient (Wildman–Crippen LogP) is 2.96. The van der Waals surface area contributed by atoms with Crippen molar-refractivity contribution < 1.29 is 0 Å². The first-order valence-electron chi connectivity index (χ1n) is 7.56. The minimum Gasteiger partial charge on any atom is -0.341 e. The highest BCUT2D eigenvalue weighted by molar-refractivity contribution is 5.64. The van der Waals surface area contributed by atoms with E-state index in [0.29, 0.717) is 6.04 Å². The average Bonchev–Trinajstić information content (AvgIpc) is 3.27. The zero-order chi connectivity index (χ0) is 14.8. The van der Waals surface area contributed by atoms with E-state index in [1.807, 2.05) is 24.4 Å². The molecule has 0 unspecified atom stereocenters. The van der Waals surface area contributed by atoms with Gasteiger partial charge in [-0.15, -0.1) is 0 Å². The second-order valence-electron chi connectivity index (χ2n) is 5.48. The molecular weight excluding hydrogens is 274 g/mol. The SMILES string of the molecule is c1cnc(-c2ccc(-c3cnc([C@@H]4CCCN4)[nH]3)cc2)nc1. The number of nitrogens with zero attached hydrogens (tertiary/aromatic N) is 3. The van der Waals surface area contributed by atoms with Crippen molar-refractivity contribution in [3.63, 3.8) is 0 Å². The van der Waals surface area contributed by atoms with E-state index in [1.165, 1.54) is 6.42 Å². The van der Waals surface area contributed by atoms with Crippen LogP contribution in [-0.4, -0.2) is 26.5 Å². The van der Waals surface area contributed by atoms with Gasteiger partial charge in [0.2, 0.25) is 0 Å². The van der Waals surface area contributed by atoms with Gasteiger partial charge in [-0.3, -0.25) is 0 Å². The Morgan fingerprint density at radius 3 is 2.45 bits per heavy atom. The van der Waals surface area contributed by atoms with E-state index in [0.717, 1.165) is 41.4 Å². The van der Waals surface area contributed by atoms with Gasteiger partial charge in [-0.25, -0.2) is 15.0 Å². The van der Waals surface area contributed by atoms with Crippen molar-refractivity contribution in [2.24, 2.45) is 0 Å². The van der Waals surface area contributed by atoms with Crippen LogP contribution in [0.5, 0.6) is 0 Å². The van der Waals surface area contributed by atoms with Crippen LogP contribution in [-0.2, 0) is 0 Å². The fourth-order valence-electron chi connectivity index (χ4n) is 2.83. The summed E-state index contributed by atoms with van der Waals surface area (Å²) >= 11 is 0. The molecule has 3 aromatic rings. The van der Waals surface area contributed by atoms with Crippen LogP contribution in [0.2, 0.25) is 0 Å². The van der Waals surface area contributed by atoms with Crippen molar-refractivity contribution in [2.45, 2.75) is 18.9 Å². The molecule has 0 radical (unpaired) electrons. The molecule has 3 heterocycles. The Balaban J connectivity index is 1.58. The number of H-pyrrole nitrogens is 1. The van der Waals surface area contributed by atoms with Crippen LogP contribution >= 0.6 is 0 Å². The van der Waals surface area contributed by atoms with Crippen molar-refractivity contribution in [3.05, 3.63) is 54.7 Å². The summed E-state index contributed by atoms with van der Waals surface area (Å²) in [7, 11) is 0.